The molecule has 128 valence electrons. The topological polar surface area (TPSA) is 50.8 Å². The third-order valence-corrected chi connectivity index (χ3v) is 4.41. The summed E-state index contributed by atoms with van der Waals surface area (Å²) in [6.07, 6.45) is -0.0534. The van der Waals surface area contributed by atoms with Crippen molar-refractivity contribution in [2.75, 3.05) is 33.4 Å². The van der Waals surface area contributed by atoms with E-state index < -0.39 is 0 Å². The van der Waals surface area contributed by atoms with Gasteiger partial charge in [0.15, 0.2) is 0 Å². The van der Waals surface area contributed by atoms with Crippen LogP contribution in [0.15, 0.2) is 42.5 Å². The number of urea groups is 1. The SMILES string of the molecule is COC[C@@H]1CN(C(=O)N[C@@H](C)c2cccc3ccccc23)CCO1. The highest BCUT2D eigenvalue weighted by Gasteiger charge is 2.25. The van der Waals surface area contributed by atoms with Gasteiger partial charge in [-0.05, 0) is 23.3 Å². The van der Waals surface area contributed by atoms with Crippen molar-refractivity contribution in [2.45, 2.75) is 19.1 Å². The maximum absolute atomic E-state index is 12.6. The lowest BCUT2D eigenvalue weighted by Gasteiger charge is -2.33. The summed E-state index contributed by atoms with van der Waals surface area (Å²) in [5.74, 6) is 0. The molecular formula is C19H24N2O3. The van der Waals surface area contributed by atoms with Crippen LogP contribution in [-0.4, -0.2) is 50.4 Å². The number of hydrogen-bond donors (Lipinski definition) is 1. The Morgan fingerprint density at radius 1 is 1.33 bits per heavy atom. The van der Waals surface area contributed by atoms with Crippen LogP contribution in [-0.2, 0) is 9.47 Å². The van der Waals surface area contributed by atoms with Gasteiger partial charge in [-0.2, -0.15) is 0 Å². The van der Waals surface area contributed by atoms with Crippen LogP contribution in [0.25, 0.3) is 10.8 Å². The van der Waals surface area contributed by atoms with E-state index in [1.807, 2.05) is 25.1 Å². The lowest BCUT2D eigenvalue weighted by Crippen LogP contribution is -2.51. The first kappa shape index (κ1) is 16.7. The molecule has 0 unspecified atom stereocenters. The molecule has 2 aromatic carbocycles. The van der Waals surface area contributed by atoms with Crippen LogP contribution in [0.3, 0.4) is 0 Å². The van der Waals surface area contributed by atoms with Gasteiger partial charge >= 0.3 is 6.03 Å². The van der Waals surface area contributed by atoms with Crippen LogP contribution in [0.2, 0.25) is 0 Å². The lowest BCUT2D eigenvalue weighted by molar-refractivity contribution is -0.0496. The van der Waals surface area contributed by atoms with E-state index in [1.54, 1.807) is 12.0 Å². The Morgan fingerprint density at radius 3 is 2.96 bits per heavy atom. The molecule has 1 aliphatic rings. The summed E-state index contributed by atoms with van der Waals surface area (Å²) in [5, 5.41) is 5.47. The monoisotopic (exact) mass is 328 g/mol. The molecule has 1 aliphatic heterocycles. The number of carbonyl (C=O) groups excluding carboxylic acids is 1. The molecule has 2 amide bonds. The first-order valence-electron chi connectivity index (χ1n) is 8.32. The van der Waals surface area contributed by atoms with Crippen molar-refractivity contribution in [1.82, 2.24) is 10.2 Å². The molecular weight excluding hydrogens is 304 g/mol. The second-order valence-electron chi connectivity index (χ2n) is 6.13. The predicted molar refractivity (Wildman–Crippen MR) is 94.1 cm³/mol. The average molecular weight is 328 g/mol. The summed E-state index contributed by atoms with van der Waals surface area (Å²) in [7, 11) is 1.64. The summed E-state index contributed by atoms with van der Waals surface area (Å²) in [6.45, 7) is 4.23. The summed E-state index contributed by atoms with van der Waals surface area (Å²) in [6, 6.07) is 14.3. The van der Waals surface area contributed by atoms with E-state index >= 15 is 0 Å². The van der Waals surface area contributed by atoms with Crippen molar-refractivity contribution in [3.63, 3.8) is 0 Å². The molecule has 2 aromatic rings. The third kappa shape index (κ3) is 3.68. The molecule has 5 nitrogen and oxygen atoms in total. The molecule has 1 saturated heterocycles. The molecule has 0 aliphatic carbocycles. The van der Waals surface area contributed by atoms with Crippen LogP contribution in [0.5, 0.6) is 0 Å². The van der Waals surface area contributed by atoms with E-state index in [1.165, 1.54) is 10.8 Å². The Kier molecular flexibility index (Phi) is 5.33. The zero-order valence-corrected chi connectivity index (χ0v) is 14.2. The first-order chi connectivity index (χ1) is 11.7. The number of ether oxygens (including phenoxy) is 2. The summed E-state index contributed by atoms with van der Waals surface area (Å²) >= 11 is 0. The number of nitrogens with zero attached hydrogens (tertiary/aromatic N) is 1. The third-order valence-electron chi connectivity index (χ3n) is 4.41. The molecule has 1 fully saturated rings. The zero-order chi connectivity index (χ0) is 16.9. The minimum atomic E-state index is -0.0627. The fraction of sp³-hybridized carbons (Fsp3) is 0.421. The van der Waals surface area contributed by atoms with Gasteiger partial charge in [0.05, 0.1) is 31.9 Å². The quantitative estimate of drug-likeness (QED) is 0.939. The van der Waals surface area contributed by atoms with Crippen molar-refractivity contribution in [3.05, 3.63) is 48.0 Å². The van der Waals surface area contributed by atoms with Crippen LogP contribution in [0, 0.1) is 0 Å². The fourth-order valence-corrected chi connectivity index (χ4v) is 3.17. The van der Waals surface area contributed by atoms with E-state index in [9.17, 15) is 4.79 Å². The van der Waals surface area contributed by atoms with Crippen molar-refractivity contribution in [1.29, 1.82) is 0 Å². The number of amides is 2. The van der Waals surface area contributed by atoms with Crippen LogP contribution in [0.4, 0.5) is 4.79 Å². The predicted octanol–water partition coefficient (Wildman–Crippen LogP) is 2.96. The number of nitrogens with one attached hydrogen (secondary N) is 1. The van der Waals surface area contributed by atoms with Gasteiger partial charge in [0.2, 0.25) is 0 Å². The van der Waals surface area contributed by atoms with Gasteiger partial charge in [0.25, 0.3) is 0 Å². The Labute approximate surface area is 142 Å². The van der Waals surface area contributed by atoms with E-state index in [0.29, 0.717) is 26.3 Å². The molecule has 5 heteroatoms. The standard InChI is InChI=1S/C19H24N2O3/c1-14(17-9-5-7-15-6-3-4-8-18(15)17)20-19(22)21-10-11-24-16(12-21)13-23-2/h3-9,14,16H,10-13H2,1-2H3,(H,20,22)/t14-,16-/m0/s1. The maximum atomic E-state index is 12.6. The zero-order valence-electron chi connectivity index (χ0n) is 14.2. The molecule has 0 radical (unpaired) electrons. The lowest BCUT2D eigenvalue weighted by atomic mass is 10.00. The van der Waals surface area contributed by atoms with Gasteiger partial charge in [0.1, 0.15) is 0 Å². The summed E-state index contributed by atoms with van der Waals surface area (Å²) in [4.78, 5) is 14.4. The minimum Gasteiger partial charge on any atom is -0.382 e. The Bertz CT molecular complexity index is 697. The van der Waals surface area contributed by atoms with Crippen molar-refractivity contribution >= 4 is 16.8 Å². The average Bonchev–Trinajstić information content (AvgIpc) is 2.61. The Hall–Kier alpha value is -2.11. The van der Waals surface area contributed by atoms with Crippen molar-refractivity contribution < 1.29 is 14.3 Å². The maximum Gasteiger partial charge on any atom is 0.318 e. The number of methoxy groups -OCH3 is 1. The van der Waals surface area contributed by atoms with E-state index in [0.717, 1.165) is 5.56 Å². The first-order valence-corrected chi connectivity index (χ1v) is 8.32. The van der Waals surface area contributed by atoms with E-state index in [-0.39, 0.29) is 18.2 Å². The highest BCUT2D eigenvalue weighted by molar-refractivity contribution is 5.86. The molecule has 2 atom stereocenters. The number of benzene rings is 2. The number of morpholine rings is 1. The largest absolute Gasteiger partial charge is 0.382 e. The van der Waals surface area contributed by atoms with E-state index in [2.05, 4.69) is 29.6 Å². The molecule has 0 aromatic heterocycles. The summed E-state index contributed by atoms with van der Waals surface area (Å²) in [5.41, 5.74) is 1.13. The molecule has 3 rings (SSSR count). The molecule has 24 heavy (non-hydrogen) atoms. The van der Waals surface area contributed by atoms with Crippen LogP contribution in [0.1, 0.15) is 18.5 Å². The highest BCUT2D eigenvalue weighted by Crippen LogP contribution is 2.24. The highest BCUT2D eigenvalue weighted by atomic mass is 16.5. The molecule has 1 N–H and O–H groups in total. The van der Waals surface area contributed by atoms with Gasteiger partial charge in [-0.25, -0.2) is 4.79 Å². The minimum absolute atomic E-state index is 0.0534. The number of carbonyl (C=O) groups is 1. The van der Waals surface area contributed by atoms with Crippen molar-refractivity contribution in [2.24, 2.45) is 0 Å². The van der Waals surface area contributed by atoms with Crippen LogP contribution >= 0.6 is 0 Å². The van der Waals surface area contributed by atoms with E-state index in [4.69, 9.17) is 9.47 Å². The smallest absolute Gasteiger partial charge is 0.318 e. The van der Waals surface area contributed by atoms with Gasteiger partial charge in [-0.15, -0.1) is 0 Å². The van der Waals surface area contributed by atoms with Gasteiger partial charge in [-0.3, -0.25) is 0 Å². The van der Waals surface area contributed by atoms with Crippen LogP contribution < -0.4 is 5.32 Å². The second kappa shape index (κ2) is 7.64. The Morgan fingerprint density at radius 2 is 2.12 bits per heavy atom. The molecule has 0 spiro atoms. The second-order valence-corrected chi connectivity index (χ2v) is 6.13. The number of fused-ring (bicyclic) bond motifs is 1. The number of hydrogen-bond acceptors (Lipinski definition) is 3. The summed E-state index contributed by atoms with van der Waals surface area (Å²) < 4.78 is 10.7. The normalized spacial score (nSPS) is 19.2. The molecule has 0 saturated carbocycles. The fourth-order valence-electron chi connectivity index (χ4n) is 3.17. The Balaban J connectivity index is 1.69. The molecule has 0 bridgehead atoms. The van der Waals surface area contributed by atoms with Gasteiger partial charge in [-0.1, -0.05) is 42.5 Å². The molecule has 1 heterocycles. The van der Waals surface area contributed by atoms with Gasteiger partial charge < -0.3 is 19.7 Å². The number of rotatable bonds is 4. The van der Waals surface area contributed by atoms with Crippen molar-refractivity contribution in [3.8, 4) is 0 Å². The van der Waals surface area contributed by atoms with Gasteiger partial charge in [0, 0.05) is 13.7 Å².